The first-order valence-corrected chi connectivity index (χ1v) is 7.11. The van der Waals surface area contributed by atoms with Gasteiger partial charge in [0.1, 0.15) is 12.4 Å². The third-order valence-electron chi connectivity index (χ3n) is 2.81. The molecule has 2 rings (SSSR count). The Morgan fingerprint density at radius 3 is 2.65 bits per heavy atom. The zero-order valence-corrected chi connectivity index (χ0v) is 13.2. The van der Waals surface area contributed by atoms with Crippen LogP contribution in [0.5, 0.6) is 5.75 Å². The van der Waals surface area contributed by atoms with Crippen molar-refractivity contribution in [2.45, 2.75) is 13.5 Å². The molecule has 0 saturated carbocycles. The van der Waals surface area contributed by atoms with Crippen molar-refractivity contribution in [3.63, 3.8) is 0 Å². The molecule has 0 aromatic heterocycles. The van der Waals surface area contributed by atoms with Gasteiger partial charge in [0, 0.05) is 16.1 Å². The number of ether oxygens (including phenoxy) is 1. The third-order valence-corrected chi connectivity index (χ3v) is 3.78. The first kappa shape index (κ1) is 14.9. The molecule has 0 bridgehead atoms. The molecule has 0 radical (unpaired) electrons. The Morgan fingerprint density at radius 1 is 1.30 bits per heavy atom. The van der Waals surface area contributed by atoms with Gasteiger partial charge in [0.25, 0.3) is 0 Å². The topological polar surface area (TPSA) is 52.3 Å². The van der Waals surface area contributed by atoms with Crippen molar-refractivity contribution in [2.75, 3.05) is 0 Å². The molecule has 0 aliphatic rings. The number of halogens is 2. The lowest BCUT2D eigenvalue weighted by Gasteiger charge is -2.10. The van der Waals surface area contributed by atoms with Crippen LogP contribution in [0.1, 0.15) is 21.5 Å². The normalized spacial score (nSPS) is 10.3. The number of primary amides is 1. The van der Waals surface area contributed by atoms with E-state index in [1.807, 2.05) is 25.1 Å². The highest BCUT2D eigenvalue weighted by atomic mass is 79.9. The number of hydrogen-bond acceptors (Lipinski definition) is 2. The molecule has 1 amide bonds. The first-order valence-electron chi connectivity index (χ1n) is 5.94. The Balaban J connectivity index is 2.13. The van der Waals surface area contributed by atoms with E-state index in [0.29, 0.717) is 17.2 Å². The fourth-order valence-corrected chi connectivity index (χ4v) is 2.54. The minimum atomic E-state index is -0.499. The SMILES string of the molecule is Cc1ccc(OCc2ccc(C(N)=O)cc2Cl)c(Br)c1. The fourth-order valence-electron chi connectivity index (χ4n) is 1.70. The summed E-state index contributed by atoms with van der Waals surface area (Å²) in [7, 11) is 0. The molecule has 2 aromatic carbocycles. The Hall–Kier alpha value is -1.52. The summed E-state index contributed by atoms with van der Waals surface area (Å²) in [4.78, 5) is 11.0. The molecule has 3 nitrogen and oxygen atoms in total. The van der Waals surface area contributed by atoms with E-state index in [2.05, 4.69) is 15.9 Å². The average molecular weight is 355 g/mol. The van der Waals surface area contributed by atoms with Crippen molar-refractivity contribution < 1.29 is 9.53 Å². The molecule has 0 saturated heterocycles. The molecule has 0 atom stereocenters. The number of benzene rings is 2. The number of rotatable bonds is 4. The highest BCUT2D eigenvalue weighted by molar-refractivity contribution is 9.10. The second kappa shape index (κ2) is 6.29. The lowest BCUT2D eigenvalue weighted by atomic mass is 10.1. The molecule has 5 heteroatoms. The van der Waals surface area contributed by atoms with Gasteiger partial charge in [0.15, 0.2) is 0 Å². The Labute approximate surface area is 130 Å². The molecule has 20 heavy (non-hydrogen) atoms. The molecule has 0 unspecified atom stereocenters. The summed E-state index contributed by atoms with van der Waals surface area (Å²) < 4.78 is 6.60. The average Bonchev–Trinajstić information content (AvgIpc) is 2.38. The van der Waals surface area contributed by atoms with Crippen LogP contribution in [0, 0.1) is 6.92 Å². The molecule has 2 N–H and O–H groups in total. The zero-order chi connectivity index (χ0) is 14.7. The summed E-state index contributed by atoms with van der Waals surface area (Å²) in [5.74, 6) is 0.242. The number of nitrogens with two attached hydrogens (primary N) is 1. The number of amides is 1. The lowest BCUT2D eigenvalue weighted by Crippen LogP contribution is -2.11. The van der Waals surface area contributed by atoms with Gasteiger partial charge in [0.2, 0.25) is 5.91 Å². The minimum absolute atomic E-state index is 0.319. The maximum atomic E-state index is 11.0. The molecule has 2 aromatic rings. The number of carbonyl (C=O) groups excluding carboxylic acids is 1. The molecule has 0 fully saturated rings. The van der Waals surface area contributed by atoms with Gasteiger partial charge in [0.05, 0.1) is 4.47 Å². The molecular weight excluding hydrogens is 342 g/mol. The van der Waals surface area contributed by atoms with Crippen LogP contribution >= 0.6 is 27.5 Å². The first-order chi connectivity index (χ1) is 9.47. The second-order valence-corrected chi connectivity index (χ2v) is 5.65. The van der Waals surface area contributed by atoms with Crippen LogP contribution in [0.4, 0.5) is 0 Å². The highest BCUT2D eigenvalue weighted by Crippen LogP contribution is 2.27. The Kier molecular flexibility index (Phi) is 4.68. The zero-order valence-electron chi connectivity index (χ0n) is 10.8. The third kappa shape index (κ3) is 3.52. The summed E-state index contributed by atoms with van der Waals surface area (Å²) in [6.07, 6.45) is 0. The van der Waals surface area contributed by atoms with Crippen molar-refractivity contribution in [3.05, 3.63) is 62.6 Å². The van der Waals surface area contributed by atoms with Crippen molar-refractivity contribution >= 4 is 33.4 Å². The van der Waals surface area contributed by atoms with Crippen LogP contribution in [0.25, 0.3) is 0 Å². The molecule has 0 spiro atoms. The van der Waals surface area contributed by atoms with Crippen molar-refractivity contribution in [3.8, 4) is 5.75 Å². The molecule has 0 aliphatic heterocycles. The van der Waals surface area contributed by atoms with Crippen LogP contribution in [0.3, 0.4) is 0 Å². The van der Waals surface area contributed by atoms with Gasteiger partial charge in [-0.2, -0.15) is 0 Å². The summed E-state index contributed by atoms with van der Waals surface area (Å²) in [6, 6.07) is 10.8. The quantitative estimate of drug-likeness (QED) is 0.899. The standard InChI is InChI=1S/C15H13BrClNO2/c1-9-2-5-14(12(16)6-9)20-8-11-4-3-10(15(18)19)7-13(11)17/h2-7H,8H2,1H3,(H2,18,19). The number of hydrogen-bond donors (Lipinski definition) is 1. The van der Waals surface area contributed by atoms with Gasteiger partial charge in [-0.1, -0.05) is 23.7 Å². The lowest BCUT2D eigenvalue weighted by molar-refractivity contribution is 0.1000. The number of carbonyl (C=O) groups is 1. The molecule has 104 valence electrons. The number of aryl methyl sites for hydroxylation is 1. The van der Waals surface area contributed by atoms with E-state index in [-0.39, 0.29) is 0 Å². The summed E-state index contributed by atoms with van der Waals surface area (Å²) in [6.45, 7) is 2.33. The highest BCUT2D eigenvalue weighted by Gasteiger charge is 2.07. The molecular formula is C15H13BrClNO2. The maximum absolute atomic E-state index is 11.0. The van der Waals surface area contributed by atoms with E-state index in [1.165, 1.54) is 0 Å². The Morgan fingerprint density at radius 2 is 2.05 bits per heavy atom. The van der Waals surface area contributed by atoms with Crippen molar-refractivity contribution in [2.24, 2.45) is 5.73 Å². The fraction of sp³-hybridized carbons (Fsp3) is 0.133. The van der Waals surface area contributed by atoms with Gasteiger partial charge >= 0.3 is 0 Å². The minimum Gasteiger partial charge on any atom is -0.488 e. The van der Waals surface area contributed by atoms with Gasteiger partial charge in [-0.15, -0.1) is 0 Å². The van der Waals surface area contributed by atoms with E-state index >= 15 is 0 Å². The second-order valence-electron chi connectivity index (χ2n) is 4.39. The molecule has 0 aliphatic carbocycles. The van der Waals surface area contributed by atoms with Crippen LogP contribution in [-0.4, -0.2) is 5.91 Å². The smallest absolute Gasteiger partial charge is 0.248 e. The van der Waals surface area contributed by atoms with Gasteiger partial charge in [-0.05, 0) is 52.7 Å². The monoisotopic (exact) mass is 353 g/mol. The Bertz CT molecular complexity index is 658. The summed E-state index contributed by atoms with van der Waals surface area (Å²) in [5, 5.41) is 0.463. The van der Waals surface area contributed by atoms with E-state index in [4.69, 9.17) is 22.1 Å². The van der Waals surface area contributed by atoms with Crippen molar-refractivity contribution in [1.82, 2.24) is 0 Å². The van der Waals surface area contributed by atoms with Gasteiger partial charge in [-0.25, -0.2) is 0 Å². The summed E-state index contributed by atoms with van der Waals surface area (Å²) in [5.41, 5.74) is 7.52. The maximum Gasteiger partial charge on any atom is 0.248 e. The van der Waals surface area contributed by atoms with Crippen LogP contribution < -0.4 is 10.5 Å². The van der Waals surface area contributed by atoms with Crippen LogP contribution in [-0.2, 0) is 6.61 Å². The van der Waals surface area contributed by atoms with E-state index in [0.717, 1.165) is 21.3 Å². The van der Waals surface area contributed by atoms with Crippen LogP contribution in [0.15, 0.2) is 40.9 Å². The predicted molar refractivity (Wildman–Crippen MR) is 83.2 cm³/mol. The summed E-state index contributed by atoms with van der Waals surface area (Å²) >= 11 is 9.56. The van der Waals surface area contributed by atoms with E-state index in [1.54, 1.807) is 18.2 Å². The predicted octanol–water partition coefficient (Wildman–Crippen LogP) is 4.09. The van der Waals surface area contributed by atoms with E-state index in [9.17, 15) is 4.79 Å². The largest absolute Gasteiger partial charge is 0.488 e. The van der Waals surface area contributed by atoms with Crippen molar-refractivity contribution in [1.29, 1.82) is 0 Å². The van der Waals surface area contributed by atoms with Gasteiger partial charge < -0.3 is 10.5 Å². The molecule has 0 heterocycles. The van der Waals surface area contributed by atoms with Gasteiger partial charge in [-0.3, -0.25) is 4.79 Å². The van der Waals surface area contributed by atoms with Crippen LogP contribution in [0.2, 0.25) is 5.02 Å². The van der Waals surface area contributed by atoms with E-state index < -0.39 is 5.91 Å².